The van der Waals surface area contributed by atoms with Crippen molar-refractivity contribution in [1.82, 2.24) is 19.9 Å². The molecule has 0 aromatic carbocycles. The molecular formula is C11H18N4O2. The van der Waals surface area contributed by atoms with Crippen LogP contribution in [0.1, 0.15) is 20.8 Å². The molecule has 0 bridgehead atoms. The topological polar surface area (TPSA) is 71.2 Å². The lowest BCUT2D eigenvalue weighted by Crippen LogP contribution is -2.40. The molecule has 1 aromatic heterocycles. The van der Waals surface area contributed by atoms with Crippen molar-refractivity contribution in [2.75, 3.05) is 13.1 Å². The fraction of sp³-hybridized carbons (Fsp3) is 0.727. The van der Waals surface area contributed by atoms with Crippen LogP contribution in [0.3, 0.4) is 0 Å². The summed E-state index contributed by atoms with van der Waals surface area (Å²) in [6.45, 7) is 6.74. The minimum atomic E-state index is -0.847. The van der Waals surface area contributed by atoms with Crippen LogP contribution in [-0.4, -0.2) is 49.6 Å². The highest BCUT2D eigenvalue weighted by atomic mass is 16.3. The van der Waals surface area contributed by atoms with Crippen molar-refractivity contribution in [1.29, 1.82) is 0 Å². The van der Waals surface area contributed by atoms with Crippen LogP contribution in [0.5, 0.6) is 0 Å². The molecular weight excluding hydrogens is 220 g/mol. The highest BCUT2D eigenvalue weighted by Crippen LogP contribution is 2.38. The fourth-order valence-corrected chi connectivity index (χ4v) is 2.01. The molecule has 1 aliphatic heterocycles. The van der Waals surface area contributed by atoms with Crippen molar-refractivity contribution >= 4 is 5.91 Å². The SMILES string of the molecule is CC1(C)CN(C(=O)Cn2nccn2)C[C@]1(C)O. The van der Waals surface area contributed by atoms with Crippen molar-refractivity contribution in [3.63, 3.8) is 0 Å². The van der Waals surface area contributed by atoms with E-state index in [-0.39, 0.29) is 17.9 Å². The Morgan fingerprint density at radius 2 is 1.88 bits per heavy atom. The maximum absolute atomic E-state index is 12.0. The number of hydrogen-bond acceptors (Lipinski definition) is 4. The summed E-state index contributed by atoms with van der Waals surface area (Å²) in [6.07, 6.45) is 3.08. The van der Waals surface area contributed by atoms with Crippen LogP contribution >= 0.6 is 0 Å². The minimum absolute atomic E-state index is 0.0629. The fourth-order valence-electron chi connectivity index (χ4n) is 2.01. The number of rotatable bonds is 2. The molecule has 1 aliphatic rings. The zero-order valence-corrected chi connectivity index (χ0v) is 10.4. The molecule has 1 atom stereocenters. The van der Waals surface area contributed by atoms with Gasteiger partial charge in [0.05, 0.1) is 18.0 Å². The van der Waals surface area contributed by atoms with Crippen molar-refractivity contribution in [2.24, 2.45) is 5.41 Å². The lowest BCUT2D eigenvalue weighted by Gasteiger charge is -2.30. The third-order valence-electron chi connectivity index (χ3n) is 3.64. The van der Waals surface area contributed by atoms with Crippen molar-refractivity contribution in [2.45, 2.75) is 32.9 Å². The zero-order valence-electron chi connectivity index (χ0n) is 10.4. The van der Waals surface area contributed by atoms with Crippen LogP contribution in [0, 0.1) is 5.41 Å². The Bertz CT molecular complexity index is 395. The van der Waals surface area contributed by atoms with Gasteiger partial charge in [-0.15, -0.1) is 0 Å². The summed E-state index contributed by atoms with van der Waals surface area (Å²) >= 11 is 0. The van der Waals surface area contributed by atoms with Gasteiger partial charge in [0.1, 0.15) is 6.54 Å². The molecule has 17 heavy (non-hydrogen) atoms. The number of likely N-dealkylation sites (tertiary alicyclic amines) is 1. The summed E-state index contributed by atoms with van der Waals surface area (Å²) in [7, 11) is 0. The van der Waals surface area contributed by atoms with Crippen LogP contribution in [0.4, 0.5) is 0 Å². The van der Waals surface area contributed by atoms with Crippen LogP contribution in [-0.2, 0) is 11.3 Å². The number of carbonyl (C=O) groups excluding carboxylic acids is 1. The molecule has 0 aliphatic carbocycles. The maximum atomic E-state index is 12.0. The molecule has 1 amide bonds. The first-order chi connectivity index (χ1) is 7.82. The summed E-state index contributed by atoms with van der Waals surface area (Å²) in [5, 5.41) is 18.0. The molecule has 94 valence electrons. The van der Waals surface area contributed by atoms with E-state index in [1.807, 2.05) is 13.8 Å². The average molecular weight is 238 g/mol. The monoisotopic (exact) mass is 238 g/mol. The molecule has 1 aromatic rings. The Morgan fingerprint density at radius 1 is 1.29 bits per heavy atom. The minimum Gasteiger partial charge on any atom is -0.388 e. The molecule has 6 nitrogen and oxygen atoms in total. The van der Waals surface area contributed by atoms with Crippen LogP contribution in [0.25, 0.3) is 0 Å². The maximum Gasteiger partial charge on any atom is 0.246 e. The number of carbonyl (C=O) groups is 1. The van der Waals surface area contributed by atoms with Crippen LogP contribution in [0.15, 0.2) is 12.4 Å². The molecule has 0 unspecified atom stereocenters. The number of nitrogens with zero attached hydrogens (tertiary/aromatic N) is 4. The lowest BCUT2D eigenvalue weighted by molar-refractivity contribution is -0.132. The Morgan fingerprint density at radius 3 is 2.35 bits per heavy atom. The van der Waals surface area contributed by atoms with Gasteiger partial charge in [0, 0.05) is 18.5 Å². The third-order valence-corrected chi connectivity index (χ3v) is 3.64. The standard InChI is InChI=1S/C11H18N4O2/c1-10(2)7-14(8-11(10,3)17)9(16)6-15-12-4-5-13-15/h4-5,17H,6-8H2,1-3H3/t11-/m0/s1. The van der Waals surface area contributed by atoms with Gasteiger partial charge in [0.2, 0.25) is 5.91 Å². The van der Waals surface area contributed by atoms with Gasteiger partial charge in [-0.25, -0.2) is 0 Å². The van der Waals surface area contributed by atoms with Crippen molar-refractivity contribution in [3.05, 3.63) is 12.4 Å². The van der Waals surface area contributed by atoms with Crippen molar-refractivity contribution < 1.29 is 9.90 Å². The van der Waals surface area contributed by atoms with E-state index in [0.29, 0.717) is 13.1 Å². The van der Waals surface area contributed by atoms with Gasteiger partial charge in [-0.1, -0.05) is 13.8 Å². The molecule has 0 radical (unpaired) electrons. The van der Waals surface area contributed by atoms with Crippen LogP contribution in [0.2, 0.25) is 0 Å². The summed E-state index contributed by atoms with van der Waals surface area (Å²) in [4.78, 5) is 15.0. The second-order valence-electron chi connectivity index (χ2n) is 5.47. The van der Waals surface area contributed by atoms with E-state index in [4.69, 9.17) is 0 Å². The number of amides is 1. The molecule has 1 N–H and O–H groups in total. The molecule has 1 fully saturated rings. The summed E-state index contributed by atoms with van der Waals surface area (Å²) in [5.74, 6) is -0.0629. The third kappa shape index (κ3) is 2.17. The number of aliphatic hydroxyl groups is 1. The van der Waals surface area contributed by atoms with Crippen LogP contribution < -0.4 is 0 Å². The average Bonchev–Trinajstić information content (AvgIpc) is 2.74. The van der Waals surface area contributed by atoms with Crippen molar-refractivity contribution in [3.8, 4) is 0 Å². The first-order valence-electron chi connectivity index (χ1n) is 5.66. The van der Waals surface area contributed by atoms with E-state index in [2.05, 4.69) is 10.2 Å². The number of β-amino-alcohol motifs (C(OH)–C–C–N with tert-alkyl or cyclic N) is 1. The highest BCUT2D eigenvalue weighted by molar-refractivity contribution is 5.76. The molecule has 1 saturated heterocycles. The Kier molecular flexibility index (Phi) is 2.69. The number of aromatic nitrogens is 3. The van der Waals surface area contributed by atoms with E-state index in [1.54, 1.807) is 11.8 Å². The first-order valence-corrected chi connectivity index (χ1v) is 5.66. The summed E-state index contributed by atoms with van der Waals surface area (Å²) < 4.78 is 0. The van der Waals surface area contributed by atoms with Gasteiger partial charge < -0.3 is 10.0 Å². The van der Waals surface area contributed by atoms with E-state index in [1.165, 1.54) is 17.2 Å². The highest BCUT2D eigenvalue weighted by Gasteiger charge is 2.49. The summed E-state index contributed by atoms with van der Waals surface area (Å²) in [5.41, 5.74) is -1.14. The predicted octanol–water partition coefficient (Wildman–Crippen LogP) is -0.103. The largest absolute Gasteiger partial charge is 0.388 e. The Labute approximate surface area is 100 Å². The van der Waals surface area contributed by atoms with E-state index < -0.39 is 5.60 Å². The molecule has 2 heterocycles. The van der Waals surface area contributed by atoms with Gasteiger partial charge in [-0.05, 0) is 6.92 Å². The van der Waals surface area contributed by atoms with E-state index >= 15 is 0 Å². The molecule has 0 saturated carbocycles. The van der Waals surface area contributed by atoms with E-state index in [9.17, 15) is 9.90 Å². The number of hydrogen-bond donors (Lipinski definition) is 1. The van der Waals surface area contributed by atoms with E-state index in [0.717, 1.165) is 0 Å². The van der Waals surface area contributed by atoms with Gasteiger partial charge in [0.15, 0.2) is 0 Å². The first kappa shape index (κ1) is 12.0. The molecule has 6 heteroatoms. The second-order valence-corrected chi connectivity index (χ2v) is 5.47. The van der Waals surface area contributed by atoms with Gasteiger partial charge in [0.25, 0.3) is 0 Å². The Hall–Kier alpha value is -1.43. The molecule has 2 rings (SSSR count). The van der Waals surface area contributed by atoms with Gasteiger partial charge in [-0.2, -0.15) is 15.0 Å². The quantitative estimate of drug-likeness (QED) is 0.781. The zero-order chi connectivity index (χ0) is 12.7. The van der Waals surface area contributed by atoms with Gasteiger partial charge in [-0.3, -0.25) is 4.79 Å². The predicted molar refractivity (Wildman–Crippen MR) is 61.0 cm³/mol. The molecule has 0 spiro atoms. The normalized spacial score (nSPS) is 27.4. The second kappa shape index (κ2) is 3.80. The lowest BCUT2D eigenvalue weighted by atomic mass is 9.79. The van der Waals surface area contributed by atoms with Gasteiger partial charge >= 0.3 is 0 Å². The summed E-state index contributed by atoms with van der Waals surface area (Å²) in [6, 6.07) is 0. The smallest absolute Gasteiger partial charge is 0.246 e. The Balaban J connectivity index is 2.04.